The summed E-state index contributed by atoms with van der Waals surface area (Å²) < 4.78 is 3.68. The molecule has 2 aromatic carbocycles. The topological polar surface area (TPSA) is 55.5 Å². The number of carbonyl (C=O) groups excluding carboxylic acids is 1. The first kappa shape index (κ1) is 17.1. The summed E-state index contributed by atoms with van der Waals surface area (Å²) in [6.07, 6.45) is 2.86. The lowest BCUT2D eigenvalue weighted by Crippen LogP contribution is -2.23. The predicted molar refractivity (Wildman–Crippen MR) is 108 cm³/mol. The number of amides is 1. The lowest BCUT2D eigenvalue weighted by Gasteiger charge is -2.12. The van der Waals surface area contributed by atoms with Crippen molar-refractivity contribution in [2.45, 2.75) is 26.3 Å². The molecule has 0 atom stereocenters. The zero-order chi connectivity index (χ0) is 18.8. The van der Waals surface area contributed by atoms with Gasteiger partial charge in [-0.1, -0.05) is 29.8 Å². The zero-order valence-electron chi connectivity index (χ0n) is 15.2. The maximum absolute atomic E-state index is 12.8. The Morgan fingerprint density at radius 3 is 2.41 bits per heavy atom. The van der Waals surface area contributed by atoms with Gasteiger partial charge in [-0.05, 0) is 49.7 Å². The van der Waals surface area contributed by atoms with Gasteiger partial charge in [-0.25, -0.2) is 0 Å². The Labute approximate surface area is 156 Å². The molecule has 2 aromatic heterocycles. The largest absolute Gasteiger partial charge is 0.326 e. The Balaban J connectivity index is 1.51. The second kappa shape index (κ2) is 7.11. The number of aryl methyl sites for hydroxylation is 2. The van der Waals surface area contributed by atoms with Crippen molar-refractivity contribution in [2.75, 3.05) is 5.32 Å². The van der Waals surface area contributed by atoms with Gasteiger partial charge in [0.2, 0.25) is 5.91 Å². The van der Waals surface area contributed by atoms with E-state index in [9.17, 15) is 9.59 Å². The Morgan fingerprint density at radius 2 is 1.63 bits per heavy atom. The number of carbonyl (C=O) groups is 1. The minimum atomic E-state index is -0.0417. The molecular weight excluding hydrogens is 338 g/mol. The fourth-order valence-corrected chi connectivity index (χ4v) is 3.39. The second-order valence-corrected chi connectivity index (χ2v) is 6.73. The summed E-state index contributed by atoms with van der Waals surface area (Å²) in [5.74, 6) is -0.0417. The highest BCUT2D eigenvalue weighted by Crippen LogP contribution is 2.16. The number of hydrogen-bond acceptors (Lipinski definition) is 2. The number of benzene rings is 2. The van der Waals surface area contributed by atoms with Crippen LogP contribution in [-0.2, 0) is 11.3 Å². The van der Waals surface area contributed by atoms with Gasteiger partial charge in [-0.2, -0.15) is 0 Å². The standard InChI is InChI=1S/C22H21N3O2/c1-16-10-12-17(13-11-16)23-21(26)9-5-15-25-19-7-3-2-6-18(19)24-14-4-8-20(24)22(25)27/h2-4,6-8,10-14H,5,9,15H2,1H3,(H,23,26). The summed E-state index contributed by atoms with van der Waals surface area (Å²) in [5.41, 5.74) is 4.43. The van der Waals surface area contributed by atoms with E-state index in [1.807, 2.05) is 78.2 Å². The van der Waals surface area contributed by atoms with Crippen LogP contribution in [0.15, 0.2) is 71.7 Å². The normalized spacial score (nSPS) is 11.1. The third-order valence-corrected chi connectivity index (χ3v) is 4.77. The molecule has 27 heavy (non-hydrogen) atoms. The van der Waals surface area contributed by atoms with Gasteiger partial charge in [0.25, 0.3) is 5.56 Å². The van der Waals surface area contributed by atoms with Crippen molar-refractivity contribution in [3.8, 4) is 0 Å². The molecule has 0 aliphatic heterocycles. The van der Waals surface area contributed by atoms with E-state index in [1.165, 1.54) is 0 Å². The smallest absolute Gasteiger partial charge is 0.275 e. The van der Waals surface area contributed by atoms with E-state index in [0.717, 1.165) is 22.3 Å². The van der Waals surface area contributed by atoms with Crippen molar-refractivity contribution in [1.29, 1.82) is 0 Å². The summed E-state index contributed by atoms with van der Waals surface area (Å²) in [4.78, 5) is 25.0. The highest BCUT2D eigenvalue weighted by atomic mass is 16.1. The molecule has 0 saturated carbocycles. The van der Waals surface area contributed by atoms with Crippen LogP contribution in [0, 0.1) is 6.92 Å². The fourth-order valence-electron chi connectivity index (χ4n) is 3.39. The number of nitrogens with zero attached hydrogens (tertiary/aromatic N) is 2. The molecule has 4 aromatic rings. The molecule has 0 saturated heterocycles. The molecule has 0 bridgehead atoms. The van der Waals surface area contributed by atoms with E-state index in [4.69, 9.17) is 0 Å². The number of rotatable bonds is 5. The first-order chi connectivity index (χ1) is 13.1. The van der Waals surface area contributed by atoms with Crippen LogP contribution in [0.1, 0.15) is 18.4 Å². The van der Waals surface area contributed by atoms with Crippen molar-refractivity contribution in [2.24, 2.45) is 0 Å². The molecule has 2 heterocycles. The summed E-state index contributed by atoms with van der Waals surface area (Å²) in [7, 11) is 0. The first-order valence-corrected chi connectivity index (χ1v) is 9.08. The lowest BCUT2D eigenvalue weighted by atomic mass is 10.2. The average Bonchev–Trinajstić information content (AvgIpc) is 3.17. The SMILES string of the molecule is Cc1ccc(NC(=O)CCCn2c(=O)c3cccn3c3ccccc32)cc1. The van der Waals surface area contributed by atoms with E-state index in [1.54, 1.807) is 4.57 Å². The van der Waals surface area contributed by atoms with E-state index >= 15 is 0 Å². The lowest BCUT2D eigenvalue weighted by molar-refractivity contribution is -0.116. The van der Waals surface area contributed by atoms with Crippen molar-refractivity contribution in [3.63, 3.8) is 0 Å². The van der Waals surface area contributed by atoms with Crippen LogP contribution in [0.2, 0.25) is 0 Å². The Morgan fingerprint density at radius 1 is 0.926 bits per heavy atom. The molecule has 0 fully saturated rings. The van der Waals surface area contributed by atoms with Gasteiger partial charge in [0, 0.05) is 24.8 Å². The predicted octanol–water partition coefficient (Wildman–Crippen LogP) is 3.98. The summed E-state index contributed by atoms with van der Waals surface area (Å²) >= 11 is 0. The molecule has 1 N–H and O–H groups in total. The number of hydrogen-bond donors (Lipinski definition) is 1. The van der Waals surface area contributed by atoms with Crippen molar-refractivity contribution >= 4 is 28.1 Å². The summed E-state index contributed by atoms with van der Waals surface area (Å²) in [6, 6.07) is 19.3. The number of anilines is 1. The summed E-state index contributed by atoms with van der Waals surface area (Å²) in [6.45, 7) is 2.51. The maximum atomic E-state index is 12.8. The second-order valence-electron chi connectivity index (χ2n) is 6.73. The minimum Gasteiger partial charge on any atom is -0.326 e. The van der Waals surface area contributed by atoms with E-state index < -0.39 is 0 Å². The van der Waals surface area contributed by atoms with E-state index in [0.29, 0.717) is 24.9 Å². The van der Waals surface area contributed by atoms with Crippen LogP contribution in [0.5, 0.6) is 0 Å². The van der Waals surface area contributed by atoms with Gasteiger partial charge in [0.05, 0.1) is 11.0 Å². The molecule has 4 rings (SSSR count). The molecular formula is C22H21N3O2. The fraction of sp³-hybridized carbons (Fsp3) is 0.182. The number of nitrogens with one attached hydrogen (secondary N) is 1. The maximum Gasteiger partial charge on any atom is 0.275 e. The number of fused-ring (bicyclic) bond motifs is 3. The van der Waals surface area contributed by atoms with Crippen LogP contribution >= 0.6 is 0 Å². The van der Waals surface area contributed by atoms with Crippen LogP contribution in [0.3, 0.4) is 0 Å². The Hall–Kier alpha value is -3.34. The molecule has 0 aliphatic rings. The molecule has 136 valence electrons. The molecule has 5 heteroatoms. The molecule has 0 radical (unpaired) electrons. The van der Waals surface area contributed by atoms with Gasteiger partial charge >= 0.3 is 0 Å². The highest BCUT2D eigenvalue weighted by molar-refractivity contribution is 5.90. The Kier molecular flexibility index (Phi) is 4.50. The molecule has 5 nitrogen and oxygen atoms in total. The van der Waals surface area contributed by atoms with Gasteiger partial charge in [-0.15, -0.1) is 0 Å². The van der Waals surface area contributed by atoms with Crippen LogP contribution in [0.25, 0.3) is 16.6 Å². The summed E-state index contributed by atoms with van der Waals surface area (Å²) in [5, 5.41) is 2.90. The van der Waals surface area contributed by atoms with Crippen LogP contribution in [0.4, 0.5) is 5.69 Å². The molecule has 0 spiro atoms. The number of para-hydroxylation sites is 2. The third-order valence-electron chi connectivity index (χ3n) is 4.77. The van der Waals surface area contributed by atoms with Crippen molar-refractivity contribution in [1.82, 2.24) is 8.97 Å². The molecule has 0 unspecified atom stereocenters. The van der Waals surface area contributed by atoms with Gasteiger partial charge in [0.1, 0.15) is 5.52 Å². The van der Waals surface area contributed by atoms with E-state index in [2.05, 4.69) is 5.32 Å². The highest BCUT2D eigenvalue weighted by Gasteiger charge is 2.10. The quantitative estimate of drug-likeness (QED) is 0.586. The first-order valence-electron chi connectivity index (χ1n) is 9.08. The van der Waals surface area contributed by atoms with Gasteiger partial charge in [-0.3, -0.25) is 9.59 Å². The van der Waals surface area contributed by atoms with Crippen molar-refractivity contribution in [3.05, 3.63) is 82.8 Å². The van der Waals surface area contributed by atoms with Gasteiger partial charge < -0.3 is 14.3 Å². The zero-order valence-corrected chi connectivity index (χ0v) is 15.2. The third kappa shape index (κ3) is 3.36. The minimum absolute atomic E-state index is 0.0300. The molecule has 0 aliphatic carbocycles. The average molecular weight is 359 g/mol. The van der Waals surface area contributed by atoms with E-state index in [-0.39, 0.29) is 11.5 Å². The number of aromatic nitrogens is 2. The Bertz CT molecular complexity index is 1170. The molecule has 1 amide bonds. The monoisotopic (exact) mass is 359 g/mol. The van der Waals surface area contributed by atoms with Gasteiger partial charge in [0.15, 0.2) is 0 Å². The van der Waals surface area contributed by atoms with Crippen LogP contribution in [-0.4, -0.2) is 14.9 Å². The van der Waals surface area contributed by atoms with Crippen molar-refractivity contribution < 1.29 is 4.79 Å². The van der Waals surface area contributed by atoms with Crippen LogP contribution < -0.4 is 10.9 Å².